The zero-order valence-electron chi connectivity index (χ0n) is 14.4. The predicted octanol–water partition coefficient (Wildman–Crippen LogP) is 2.42. The summed E-state index contributed by atoms with van der Waals surface area (Å²) in [5.41, 5.74) is 0. The topological polar surface area (TPSA) is 77.4 Å². The molecular weight excluding hydrogens is 375 g/mol. The molecule has 3 rings (SSSR count). The van der Waals surface area contributed by atoms with Crippen LogP contribution in [0.2, 0.25) is 0 Å². The quantitative estimate of drug-likeness (QED) is 0.771. The summed E-state index contributed by atoms with van der Waals surface area (Å²) < 4.78 is 34.9. The van der Waals surface area contributed by atoms with Crippen molar-refractivity contribution in [2.24, 2.45) is 0 Å². The second-order valence-electron chi connectivity index (χ2n) is 6.01. The Labute approximate surface area is 161 Å². The minimum Gasteiger partial charge on any atom is -0.462 e. The number of aliphatic hydroxyl groups is 2. The molecule has 1 saturated heterocycles. The molecular formula is C19H19FO6S. The SMILES string of the molecule is C[C@@H]1O[C@@H](Oc2ccc(F)cc2)[C@@H](O)[C@H](OC(=S)Oc2ccccc2)[C@@H]1O. The van der Waals surface area contributed by atoms with Crippen molar-refractivity contribution in [3.63, 3.8) is 0 Å². The third-order valence-electron chi connectivity index (χ3n) is 4.02. The Kier molecular flexibility index (Phi) is 6.22. The van der Waals surface area contributed by atoms with Gasteiger partial charge in [-0.15, -0.1) is 0 Å². The van der Waals surface area contributed by atoms with Crippen LogP contribution in [0.25, 0.3) is 0 Å². The van der Waals surface area contributed by atoms with E-state index < -0.39 is 36.5 Å². The van der Waals surface area contributed by atoms with Crippen LogP contribution in [-0.2, 0) is 9.47 Å². The van der Waals surface area contributed by atoms with Gasteiger partial charge in [0.1, 0.15) is 23.4 Å². The molecule has 2 N–H and O–H groups in total. The molecule has 27 heavy (non-hydrogen) atoms. The number of hydrogen-bond acceptors (Lipinski definition) is 7. The molecule has 2 aromatic carbocycles. The van der Waals surface area contributed by atoms with Gasteiger partial charge in [-0.2, -0.15) is 0 Å². The normalized spacial score (nSPS) is 27.6. The average Bonchev–Trinajstić information content (AvgIpc) is 2.66. The molecule has 5 atom stereocenters. The molecule has 0 spiro atoms. The minimum atomic E-state index is -1.36. The van der Waals surface area contributed by atoms with Crippen molar-refractivity contribution in [2.75, 3.05) is 0 Å². The van der Waals surface area contributed by atoms with E-state index in [4.69, 9.17) is 31.2 Å². The molecule has 6 nitrogen and oxygen atoms in total. The third-order valence-corrected chi connectivity index (χ3v) is 4.20. The first-order valence-electron chi connectivity index (χ1n) is 8.31. The highest BCUT2D eigenvalue weighted by Gasteiger charge is 2.46. The van der Waals surface area contributed by atoms with Crippen molar-refractivity contribution in [3.8, 4) is 11.5 Å². The summed E-state index contributed by atoms with van der Waals surface area (Å²) in [4.78, 5) is 0. The number of para-hydroxylation sites is 1. The highest BCUT2D eigenvalue weighted by atomic mass is 32.1. The van der Waals surface area contributed by atoms with Crippen LogP contribution in [0.1, 0.15) is 6.92 Å². The van der Waals surface area contributed by atoms with Gasteiger partial charge in [0.25, 0.3) is 0 Å². The first-order chi connectivity index (χ1) is 12.9. The van der Waals surface area contributed by atoms with Gasteiger partial charge < -0.3 is 29.2 Å². The molecule has 1 aliphatic rings. The summed E-state index contributed by atoms with van der Waals surface area (Å²) in [5.74, 6) is 0.345. The fraction of sp³-hybridized carbons (Fsp3) is 0.316. The molecule has 0 bridgehead atoms. The molecule has 0 aromatic heterocycles. The summed E-state index contributed by atoms with van der Waals surface area (Å²) in [6.45, 7) is 1.61. The summed E-state index contributed by atoms with van der Waals surface area (Å²) in [6, 6.07) is 14.0. The van der Waals surface area contributed by atoms with Crippen molar-refractivity contribution in [2.45, 2.75) is 37.6 Å². The number of benzene rings is 2. The number of aliphatic hydroxyl groups excluding tert-OH is 2. The van der Waals surface area contributed by atoms with E-state index in [9.17, 15) is 14.6 Å². The molecule has 1 aliphatic heterocycles. The van der Waals surface area contributed by atoms with Gasteiger partial charge in [0.05, 0.1) is 6.10 Å². The number of hydrogen-bond donors (Lipinski definition) is 2. The third kappa shape index (κ3) is 4.92. The lowest BCUT2D eigenvalue weighted by Crippen LogP contribution is -2.59. The lowest BCUT2D eigenvalue weighted by Gasteiger charge is -2.40. The molecule has 1 heterocycles. The Balaban J connectivity index is 1.67. The molecule has 0 aliphatic carbocycles. The Morgan fingerprint density at radius 3 is 2.33 bits per heavy atom. The lowest BCUT2D eigenvalue weighted by atomic mass is 10.00. The lowest BCUT2D eigenvalue weighted by molar-refractivity contribution is -0.266. The molecule has 8 heteroatoms. The maximum atomic E-state index is 13.0. The van der Waals surface area contributed by atoms with Gasteiger partial charge in [0.15, 0.2) is 12.2 Å². The molecule has 0 unspecified atom stereocenters. The molecule has 0 amide bonds. The summed E-state index contributed by atoms with van der Waals surface area (Å²) in [6.07, 6.45) is -5.50. The largest absolute Gasteiger partial charge is 0.462 e. The van der Waals surface area contributed by atoms with Gasteiger partial charge in [-0.25, -0.2) is 4.39 Å². The van der Waals surface area contributed by atoms with Gasteiger partial charge in [0, 0.05) is 12.2 Å². The highest BCUT2D eigenvalue weighted by molar-refractivity contribution is 7.79. The van der Waals surface area contributed by atoms with Gasteiger partial charge in [-0.1, -0.05) is 18.2 Å². The molecule has 0 saturated carbocycles. The molecule has 144 valence electrons. The second-order valence-corrected chi connectivity index (χ2v) is 6.34. The minimum absolute atomic E-state index is 0.251. The Morgan fingerprint density at radius 2 is 1.67 bits per heavy atom. The number of thiocarbonyl (C=S) groups is 1. The molecule has 1 fully saturated rings. The van der Waals surface area contributed by atoms with Crippen molar-refractivity contribution in [1.82, 2.24) is 0 Å². The summed E-state index contributed by atoms with van der Waals surface area (Å²) in [5, 5.41) is 20.6. The van der Waals surface area contributed by atoms with E-state index in [0.717, 1.165) is 0 Å². The van der Waals surface area contributed by atoms with E-state index in [0.29, 0.717) is 11.5 Å². The summed E-state index contributed by atoms with van der Waals surface area (Å²) >= 11 is 5.05. The van der Waals surface area contributed by atoms with Crippen molar-refractivity contribution in [3.05, 3.63) is 60.4 Å². The number of rotatable bonds is 4. The number of halogens is 1. The Bertz CT molecular complexity index is 757. The fourth-order valence-electron chi connectivity index (χ4n) is 2.60. The van der Waals surface area contributed by atoms with Gasteiger partial charge in [-0.05, 0) is 43.3 Å². The van der Waals surface area contributed by atoms with Gasteiger partial charge >= 0.3 is 5.24 Å². The van der Waals surface area contributed by atoms with Gasteiger partial charge in [0.2, 0.25) is 6.29 Å². The molecule has 2 aromatic rings. The van der Waals surface area contributed by atoms with Crippen molar-refractivity contribution < 1.29 is 33.6 Å². The fourth-order valence-corrected chi connectivity index (χ4v) is 2.81. The van der Waals surface area contributed by atoms with E-state index in [1.807, 2.05) is 6.07 Å². The van der Waals surface area contributed by atoms with Crippen LogP contribution in [0.3, 0.4) is 0 Å². The van der Waals surface area contributed by atoms with Crippen LogP contribution >= 0.6 is 12.2 Å². The smallest absolute Gasteiger partial charge is 0.358 e. The van der Waals surface area contributed by atoms with Crippen LogP contribution in [-0.4, -0.2) is 46.2 Å². The Morgan fingerprint density at radius 1 is 1.00 bits per heavy atom. The van der Waals surface area contributed by atoms with Crippen LogP contribution in [0.15, 0.2) is 54.6 Å². The van der Waals surface area contributed by atoms with E-state index >= 15 is 0 Å². The zero-order valence-corrected chi connectivity index (χ0v) is 15.2. The van der Waals surface area contributed by atoms with E-state index in [-0.39, 0.29) is 5.24 Å². The van der Waals surface area contributed by atoms with E-state index in [1.54, 1.807) is 31.2 Å². The number of ether oxygens (including phenoxy) is 4. The van der Waals surface area contributed by atoms with Crippen molar-refractivity contribution >= 4 is 17.5 Å². The Hall–Kier alpha value is -2.26. The van der Waals surface area contributed by atoms with Crippen LogP contribution in [0.5, 0.6) is 11.5 Å². The van der Waals surface area contributed by atoms with Crippen LogP contribution < -0.4 is 9.47 Å². The average molecular weight is 394 g/mol. The van der Waals surface area contributed by atoms with Gasteiger partial charge in [-0.3, -0.25) is 0 Å². The van der Waals surface area contributed by atoms with E-state index in [1.165, 1.54) is 24.3 Å². The first kappa shape index (κ1) is 19.5. The van der Waals surface area contributed by atoms with Crippen LogP contribution in [0, 0.1) is 5.82 Å². The summed E-state index contributed by atoms with van der Waals surface area (Å²) in [7, 11) is 0. The van der Waals surface area contributed by atoms with Crippen molar-refractivity contribution in [1.29, 1.82) is 0 Å². The first-order valence-corrected chi connectivity index (χ1v) is 8.72. The standard InChI is InChI=1S/C19H19FO6S/c1-11-15(21)17(26-19(27)25-13-5-3-2-4-6-13)16(22)18(23-11)24-14-9-7-12(20)8-10-14/h2-11,15-18,21-22H,1H3/t11-,15+,16-,17+,18-/m0/s1. The highest BCUT2D eigenvalue weighted by Crippen LogP contribution is 2.26. The van der Waals surface area contributed by atoms with E-state index in [2.05, 4.69) is 0 Å². The monoisotopic (exact) mass is 394 g/mol. The second kappa shape index (κ2) is 8.62. The molecule has 0 radical (unpaired) electrons. The maximum absolute atomic E-state index is 13.0. The maximum Gasteiger partial charge on any atom is 0.358 e. The van der Waals surface area contributed by atoms with Crippen LogP contribution in [0.4, 0.5) is 4.39 Å². The predicted molar refractivity (Wildman–Crippen MR) is 97.9 cm³/mol. The zero-order chi connectivity index (χ0) is 19.4.